The van der Waals surface area contributed by atoms with Crippen LogP contribution in [-0.2, 0) is 4.79 Å². The zero-order valence-corrected chi connectivity index (χ0v) is 12.9. The molecule has 0 unspecified atom stereocenters. The van der Waals surface area contributed by atoms with Gasteiger partial charge < -0.3 is 14.7 Å². The first kappa shape index (κ1) is 15.8. The van der Waals surface area contributed by atoms with Crippen LogP contribution in [0, 0.1) is 0 Å². The molecule has 6 heteroatoms. The Labute approximate surface area is 129 Å². The number of hydrogen-bond donors (Lipinski definition) is 1. The maximum Gasteiger partial charge on any atom is 0.254 e. The van der Waals surface area contributed by atoms with E-state index in [0.717, 1.165) is 0 Å². The number of carbonyl (C=O) groups is 2. The minimum Gasteiger partial charge on any atom is -0.363 e. The quantitative estimate of drug-likeness (QED) is 0.941. The fraction of sp³-hybridized carbons (Fsp3) is 0.312. The molecule has 116 valence electrons. The predicted molar refractivity (Wildman–Crippen MR) is 82.4 cm³/mol. The van der Waals surface area contributed by atoms with Gasteiger partial charge in [-0.15, -0.1) is 0 Å². The van der Waals surface area contributed by atoms with Gasteiger partial charge in [-0.1, -0.05) is 23.4 Å². The highest BCUT2D eigenvalue weighted by Gasteiger charge is 2.29. The number of anilines is 1. The van der Waals surface area contributed by atoms with Crippen LogP contribution in [0.2, 0.25) is 0 Å². The van der Waals surface area contributed by atoms with Crippen LogP contribution in [0.3, 0.4) is 0 Å². The summed E-state index contributed by atoms with van der Waals surface area (Å²) in [5, 5.41) is 6.21. The second kappa shape index (κ2) is 6.43. The SMILES string of the molecule is CC(C)(C)N(CC(=O)Nc1ccon1)C(=O)c1ccccc1. The van der Waals surface area contributed by atoms with Gasteiger partial charge in [-0.05, 0) is 32.9 Å². The lowest BCUT2D eigenvalue weighted by Crippen LogP contribution is -2.49. The van der Waals surface area contributed by atoms with E-state index in [1.807, 2.05) is 26.8 Å². The van der Waals surface area contributed by atoms with Crippen LogP contribution >= 0.6 is 0 Å². The topological polar surface area (TPSA) is 75.4 Å². The van der Waals surface area contributed by atoms with Gasteiger partial charge in [-0.3, -0.25) is 9.59 Å². The van der Waals surface area contributed by atoms with Crippen molar-refractivity contribution < 1.29 is 14.1 Å². The zero-order valence-electron chi connectivity index (χ0n) is 12.9. The van der Waals surface area contributed by atoms with Gasteiger partial charge in [0.25, 0.3) is 5.91 Å². The van der Waals surface area contributed by atoms with Crippen molar-refractivity contribution in [2.24, 2.45) is 0 Å². The first-order valence-corrected chi connectivity index (χ1v) is 6.95. The van der Waals surface area contributed by atoms with Crippen molar-refractivity contribution >= 4 is 17.6 Å². The van der Waals surface area contributed by atoms with E-state index < -0.39 is 5.54 Å². The summed E-state index contributed by atoms with van der Waals surface area (Å²) in [6, 6.07) is 10.4. The molecule has 22 heavy (non-hydrogen) atoms. The standard InChI is InChI=1S/C16H19N3O3/c1-16(2,3)19(15(21)12-7-5-4-6-8-12)11-14(20)17-13-9-10-22-18-13/h4-10H,11H2,1-3H3,(H,17,18,20). The lowest BCUT2D eigenvalue weighted by atomic mass is 10.0. The van der Waals surface area contributed by atoms with Crippen LogP contribution in [-0.4, -0.2) is 34.0 Å². The van der Waals surface area contributed by atoms with Crippen molar-refractivity contribution in [1.82, 2.24) is 10.1 Å². The third-order valence-electron chi connectivity index (χ3n) is 3.08. The Bertz CT molecular complexity index is 630. The summed E-state index contributed by atoms with van der Waals surface area (Å²) in [4.78, 5) is 26.3. The highest BCUT2D eigenvalue weighted by Crippen LogP contribution is 2.17. The molecule has 2 rings (SSSR count). The van der Waals surface area contributed by atoms with Crippen LogP contribution in [0.25, 0.3) is 0 Å². The Kier molecular flexibility index (Phi) is 4.60. The number of benzene rings is 1. The maximum absolute atomic E-state index is 12.6. The van der Waals surface area contributed by atoms with E-state index in [-0.39, 0.29) is 18.4 Å². The Morgan fingerprint density at radius 1 is 1.18 bits per heavy atom. The Morgan fingerprint density at radius 2 is 1.86 bits per heavy atom. The van der Waals surface area contributed by atoms with Gasteiger partial charge in [0.15, 0.2) is 5.82 Å². The molecule has 0 aliphatic heterocycles. The minimum absolute atomic E-state index is 0.0654. The molecule has 0 aliphatic carbocycles. The summed E-state index contributed by atoms with van der Waals surface area (Å²) in [6.07, 6.45) is 1.37. The van der Waals surface area contributed by atoms with E-state index in [1.165, 1.54) is 11.2 Å². The summed E-state index contributed by atoms with van der Waals surface area (Å²) in [5.74, 6) is -0.192. The molecule has 0 aliphatic rings. The third kappa shape index (κ3) is 3.94. The molecule has 1 N–H and O–H groups in total. The monoisotopic (exact) mass is 301 g/mol. The fourth-order valence-electron chi connectivity index (χ4n) is 1.95. The lowest BCUT2D eigenvalue weighted by Gasteiger charge is -2.35. The lowest BCUT2D eigenvalue weighted by molar-refractivity contribution is -0.117. The number of aromatic nitrogens is 1. The second-order valence-corrected chi connectivity index (χ2v) is 5.86. The largest absolute Gasteiger partial charge is 0.363 e. The molecular formula is C16H19N3O3. The summed E-state index contributed by atoms with van der Waals surface area (Å²) >= 11 is 0. The van der Waals surface area contributed by atoms with Crippen molar-refractivity contribution in [3.8, 4) is 0 Å². The molecule has 2 aromatic rings. The number of hydrogen-bond acceptors (Lipinski definition) is 4. The minimum atomic E-state index is -0.492. The molecular weight excluding hydrogens is 282 g/mol. The molecule has 1 aromatic carbocycles. The van der Waals surface area contributed by atoms with E-state index in [1.54, 1.807) is 30.3 Å². The Balaban J connectivity index is 2.13. The van der Waals surface area contributed by atoms with Crippen LogP contribution in [0.5, 0.6) is 0 Å². The van der Waals surface area contributed by atoms with Crippen molar-refractivity contribution in [3.05, 3.63) is 48.2 Å². The third-order valence-corrected chi connectivity index (χ3v) is 3.08. The number of amides is 2. The van der Waals surface area contributed by atoms with Gasteiger partial charge >= 0.3 is 0 Å². The average Bonchev–Trinajstić information content (AvgIpc) is 2.96. The average molecular weight is 301 g/mol. The molecule has 2 amide bonds. The molecule has 0 saturated carbocycles. The highest BCUT2D eigenvalue weighted by molar-refractivity contribution is 5.99. The highest BCUT2D eigenvalue weighted by atomic mass is 16.5. The molecule has 0 bridgehead atoms. The maximum atomic E-state index is 12.6. The van der Waals surface area contributed by atoms with Crippen molar-refractivity contribution in [1.29, 1.82) is 0 Å². The van der Waals surface area contributed by atoms with E-state index in [9.17, 15) is 9.59 Å². The summed E-state index contributed by atoms with van der Waals surface area (Å²) in [7, 11) is 0. The predicted octanol–water partition coefficient (Wildman–Crippen LogP) is 2.55. The number of rotatable bonds is 4. The van der Waals surface area contributed by atoms with Crippen molar-refractivity contribution in [3.63, 3.8) is 0 Å². The normalized spacial score (nSPS) is 11.0. The fourth-order valence-corrected chi connectivity index (χ4v) is 1.95. The molecule has 1 aromatic heterocycles. The van der Waals surface area contributed by atoms with Crippen molar-refractivity contribution in [2.75, 3.05) is 11.9 Å². The summed E-state index contributed by atoms with van der Waals surface area (Å²) in [5.41, 5.74) is 0.0559. The van der Waals surface area contributed by atoms with E-state index in [0.29, 0.717) is 11.4 Å². The van der Waals surface area contributed by atoms with Gasteiger partial charge in [-0.2, -0.15) is 0 Å². The van der Waals surface area contributed by atoms with Gasteiger partial charge in [-0.25, -0.2) is 0 Å². The van der Waals surface area contributed by atoms with Crippen molar-refractivity contribution in [2.45, 2.75) is 26.3 Å². The molecule has 0 radical (unpaired) electrons. The van der Waals surface area contributed by atoms with Gasteiger partial charge in [0, 0.05) is 17.2 Å². The first-order chi connectivity index (χ1) is 10.4. The molecule has 0 saturated heterocycles. The number of carbonyl (C=O) groups excluding carboxylic acids is 2. The first-order valence-electron chi connectivity index (χ1n) is 6.95. The second-order valence-electron chi connectivity index (χ2n) is 5.86. The molecule has 0 fully saturated rings. The number of nitrogens with one attached hydrogen (secondary N) is 1. The van der Waals surface area contributed by atoms with Crippen LogP contribution < -0.4 is 5.32 Å². The smallest absolute Gasteiger partial charge is 0.254 e. The Hall–Kier alpha value is -2.63. The van der Waals surface area contributed by atoms with Gasteiger partial charge in [0.05, 0.1) is 0 Å². The summed E-state index contributed by atoms with van der Waals surface area (Å²) < 4.78 is 4.66. The van der Waals surface area contributed by atoms with Crippen LogP contribution in [0.1, 0.15) is 31.1 Å². The molecule has 0 spiro atoms. The van der Waals surface area contributed by atoms with Crippen LogP contribution in [0.4, 0.5) is 5.82 Å². The number of nitrogens with zero attached hydrogens (tertiary/aromatic N) is 2. The van der Waals surface area contributed by atoms with Crippen LogP contribution in [0.15, 0.2) is 47.2 Å². The van der Waals surface area contributed by atoms with E-state index in [4.69, 9.17) is 0 Å². The Morgan fingerprint density at radius 3 is 2.41 bits per heavy atom. The zero-order chi connectivity index (χ0) is 16.2. The van der Waals surface area contributed by atoms with E-state index >= 15 is 0 Å². The molecule has 6 nitrogen and oxygen atoms in total. The molecule has 1 heterocycles. The summed E-state index contributed by atoms with van der Waals surface area (Å²) in [6.45, 7) is 5.59. The van der Waals surface area contributed by atoms with Gasteiger partial charge in [0.1, 0.15) is 12.8 Å². The van der Waals surface area contributed by atoms with E-state index in [2.05, 4.69) is 15.0 Å². The van der Waals surface area contributed by atoms with Gasteiger partial charge in [0.2, 0.25) is 5.91 Å². The molecule has 0 atom stereocenters.